The van der Waals surface area contributed by atoms with Gasteiger partial charge in [-0.05, 0) is 43.1 Å². The van der Waals surface area contributed by atoms with Gasteiger partial charge in [-0.2, -0.15) is 8.42 Å². The highest BCUT2D eigenvalue weighted by Gasteiger charge is 2.20. The van der Waals surface area contributed by atoms with Crippen molar-refractivity contribution in [2.45, 2.75) is 25.2 Å². The van der Waals surface area contributed by atoms with Crippen molar-refractivity contribution in [3.8, 4) is 5.75 Å². The van der Waals surface area contributed by atoms with Gasteiger partial charge < -0.3 is 4.74 Å². The lowest BCUT2D eigenvalue weighted by Gasteiger charge is -2.11. The number of hydrogen-bond donors (Lipinski definition) is 0. The average Bonchev–Trinajstić information content (AvgIpc) is 2.28. The lowest BCUT2D eigenvalue weighted by atomic mass is 10.2. The van der Waals surface area contributed by atoms with Gasteiger partial charge in [0.05, 0.1) is 19.6 Å². The van der Waals surface area contributed by atoms with Crippen molar-refractivity contribution in [3.05, 3.63) is 23.8 Å². The monoisotopic (exact) mass is 306 g/mol. The number of hydrogen-bond acceptors (Lipinski definition) is 5. The molecule has 1 rings (SSSR count). The lowest BCUT2D eigenvalue weighted by Crippen LogP contribution is -2.10. The van der Waals surface area contributed by atoms with Gasteiger partial charge in [0, 0.05) is 0 Å². The average molecular weight is 307 g/mol. The van der Waals surface area contributed by atoms with Crippen LogP contribution in [-0.2, 0) is 19.1 Å². The second-order valence-electron chi connectivity index (χ2n) is 3.76. The summed E-state index contributed by atoms with van der Waals surface area (Å²) >= 11 is 5.19. The van der Waals surface area contributed by atoms with E-state index in [1.165, 1.54) is 6.07 Å². The fourth-order valence-electron chi connectivity index (χ4n) is 1.39. The summed E-state index contributed by atoms with van der Waals surface area (Å²) < 4.78 is 33.8. The Bertz CT molecular complexity index is 553. The lowest BCUT2D eigenvalue weighted by molar-refractivity contribution is -0.112. The van der Waals surface area contributed by atoms with Gasteiger partial charge in [0.1, 0.15) is 10.6 Å². The Morgan fingerprint density at radius 1 is 1.37 bits per heavy atom. The molecular formula is C12H15ClO5S. The molecule has 1 aromatic rings. The summed E-state index contributed by atoms with van der Waals surface area (Å²) in [7, 11) is -3.85. The quantitative estimate of drug-likeness (QED) is 0.571. The van der Waals surface area contributed by atoms with Crippen LogP contribution in [0.15, 0.2) is 23.1 Å². The van der Waals surface area contributed by atoms with Crippen LogP contribution in [0.2, 0.25) is 0 Å². The molecule has 0 heterocycles. The van der Waals surface area contributed by atoms with E-state index in [-0.39, 0.29) is 30.3 Å². The third-order valence-electron chi connectivity index (χ3n) is 2.20. The van der Waals surface area contributed by atoms with Crippen LogP contribution < -0.4 is 4.74 Å². The summed E-state index contributed by atoms with van der Waals surface area (Å²) in [6.07, 6.45) is 0.00359. The summed E-state index contributed by atoms with van der Waals surface area (Å²) in [4.78, 5) is 10.6. The molecule has 0 aliphatic carbocycles. The fraction of sp³-hybridized carbons (Fsp3) is 0.417. The molecule has 0 unspecified atom stereocenters. The van der Waals surface area contributed by atoms with Gasteiger partial charge >= 0.3 is 10.1 Å². The second kappa shape index (κ2) is 6.88. The van der Waals surface area contributed by atoms with E-state index < -0.39 is 15.4 Å². The van der Waals surface area contributed by atoms with Crippen molar-refractivity contribution in [2.75, 3.05) is 13.2 Å². The third kappa shape index (κ3) is 4.81. The Morgan fingerprint density at radius 3 is 2.63 bits per heavy atom. The van der Waals surface area contributed by atoms with Crippen LogP contribution in [0.4, 0.5) is 0 Å². The smallest absolute Gasteiger partial charge is 0.300 e. The van der Waals surface area contributed by atoms with Crippen molar-refractivity contribution in [3.63, 3.8) is 0 Å². The first-order valence-corrected chi connectivity index (χ1v) is 7.46. The molecule has 0 bridgehead atoms. The molecule has 19 heavy (non-hydrogen) atoms. The first kappa shape index (κ1) is 15.9. The van der Waals surface area contributed by atoms with Crippen LogP contribution >= 0.6 is 11.6 Å². The zero-order valence-electron chi connectivity index (χ0n) is 10.7. The molecule has 7 heteroatoms. The molecule has 1 aromatic carbocycles. The SMILES string of the molecule is CCOS(=O)(=O)c1ccc(C)cc1OCCC(=O)Cl. The highest BCUT2D eigenvalue weighted by molar-refractivity contribution is 7.86. The molecule has 0 saturated heterocycles. The molecule has 0 aromatic heterocycles. The van der Waals surface area contributed by atoms with Crippen molar-refractivity contribution >= 4 is 27.0 Å². The van der Waals surface area contributed by atoms with E-state index in [0.29, 0.717) is 0 Å². The van der Waals surface area contributed by atoms with Gasteiger partial charge in [-0.15, -0.1) is 0 Å². The summed E-state index contributed by atoms with van der Waals surface area (Å²) in [6, 6.07) is 4.63. The predicted molar refractivity (Wildman–Crippen MR) is 71.0 cm³/mol. The molecule has 0 aliphatic rings. The van der Waals surface area contributed by atoms with Gasteiger partial charge in [0.25, 0.3) is 0 Å². The van der Waals surface area contributed by atoms with E-state index in [0.717, 1.165) is 5.56 Å². The first-order valence-electron chi connectivity index (χ1n) is 5.68. The number of carbonyl (C=O) groups excluding carboxylic acids is 1. The number of benzene rings is 1. The predicted octanol–water partition coefficient (Wildman–Crippen LogP) is 2.25. The molecular weight excluding hydrogens is 292 g/mol. The van der Waals surface area contributed by atoms with Crippen LogP contribution in [0.1, 0.15) is 18.9 Å². The summed E-state index contributed by atoms with van der Waals surface area (Å²) in [6.45, 7) is 3.44. The van der Waals surface area contributed by atoms with E-state index in [2.05, 4.69) is 0 Å². The maximum atomic E-state index is 11.9. The summed E-state index contributed by atoms with van der Waals surface area (Å²) in [5.74, 6) is 0.159. The minimum atomic E-state index is -3.85. The highest BCUT2D eigenvalue weighted by Crippen LogP contribution is 2.26. The minimum Gasteiger partial charge on any atom is -0.492 e. The van der Waals surface area contributed by atoms with Crippen LogP contribution in [0.3, 0.4) is 0 Å². The number of carbonyl (C=O) groups is 1. The van der Waals surface area contributed by atoms with Crippen molar-refractivity contribution < 1.29 is 22.1 Å². The van der Waals surface area contributed by atoms with Gasteiger partial charge in [-0.25, -0.2) is 0 Å². The van der Waals surface area contributed by atoms with Crippen LogP contribution in [-0.4, -0.2) is 26.9 Å². The van der Waals surface area contributed by atoms with Gasteiger partial charge in [-0.1, -0.05) is 6.07 Å². The van der Waals surface area contributed by atoms with E-state index in [1.807, 2.05) is 0 Å². The second-order valence-corrected chi connectivity index (χ2v) is 5.77. The van der Waals surface area contributed by atoms with Gasteiger partial charge in [-0.3, -0.25) is 8.98 Å². The van der Waals surface area contributed by atoms with Crippen LogP contribution in [0, 0.1) is 6.92 Å². The Morgan fingerprint density at radius 2 is 2.05 bits per heavy atom. The largest absolute Gasteiger partial charge is 0.492 e. The molecule has 0 fully saturated rings. The van der Waals surface area contributed by atoms with Crippen molar-refractivity contribution in [2.24, 2.45) is 0 Å². The van der Waals surface area contributed by atoms with Crippen molar-refractivity contribution in [1.29, 1.82) is 0 Å². The van der Waals surface area contributed by atoms with Crippen LogP contribution in [0.5, 0.6) is 5.75 Å². The van der Waals surface area contributed by atoms with E-state index in [1.54, 1.807) is 26.0 Å². The Balaban J connectivity index is 3.01. The molecule has 0 saturated carbocycles. The normalized spacial score (nSPS) is 11.3. The van der Waals surface area contributed by atoms with Crippen molar-refractivity contribution in [1.82, 2.24) is 0 Å². The first-order chi connectivity index (χ1) is 8.86. The Hall–Kier alpha value is -1.11. The number of aryl methyl sites for hydroxylation is 1. The maximum absolute atomic E-state index is 11.9. The zero-order valence-corrected chi connectivity index (χ0v) is 12.3. The maximum Gasteiger partial charge on any atom is 0.300 e. The fourth-order valence-corrected chi connectivity index (χ4v) is 2.51. The molecule has 0 radical (unpaired) electrons. The topological polar surface area (TPSA) is 69.7 Å². The molecule has 106 valence electrons. The Kier molecular flexibility index (Phi) is 5.78. The van der Waals surface area contributed by atoms with E-state index in [9.17, 15) is 13.2 Å². The molecule has 0 aliphatic heterocycles. The standard InChI is InChI=1S/C12H15ClO5S/c1-3-18-19(15,16)11-5-4-9(2)8-10(11)17-7-6-12(13)14/h4-5,8H,3,6-7H2,1-2H3. The van der Waals surface area contributed by atoms with E-state index >= 15 is 0 Å². The summed E-state index contributed by atoms with van der Waals surface area (Å²) in [5, 5.41) is -0.540. The third-order valence-corrected chi connectivity index (χ3v) is 3.81. The van der Waals surface area contributed by atoms with Gasteiger partial charge in [0.2, 0.25) is 5.24 Å². The van der Waals surface area contributed by atoms with Gasteiger partial charge in [0.15, 0.2) is 0 Å². The number of rotatable bonds is 7. The molecule has 0 amide bonds. The number of halogens is 1. The highest BCUT2D eigenvalue weighted by atomic mass is 35.5. The summed E-state index contributed by atoms with van der Waals surface area (Å²) in [5.41, 5.74) is 0.836. The van der Waals surface area contributed by atoms with Crippen LogP contribution in [0.25, 0.3) is 0 Å². The molecule has 5 nitrogen and oxygen atoms in total. The Labute approximate surface area is 117 Å². The zero-order chi connectivity index (χ0) is 14.5. The molecule has 0 atom stereocenters. The van der Waals surface area contributed by atoms with E-state index in [4.69, 9.17) is 20.5 Å². The molecule has 0 N–H and O–H groups in total. The molecule has 0 spiro atoms. The minimum absolute atomic E-state index is 0.00359. The number of ether oxygens (including phenoxy) is 1.